The van der Waals surface area contributed by atoms with Crippen LogP contribution in [0.5, 0.6) is 0 Å². The minimum atomic E-state index is -0.0109. The average Bonchev–Trinajstić information content (AvgIpc) is 3.22. The maximum Gasteiger partial charge on any atom is 0.251 e. The lowest BCUT2D eigenvalue weighted by molar-refractivity contribution is 0.0803. The van der Waals surface area contributed by atoms with Crippen LogP contribution in [0, 0.1) is 5.41 Å². The lowest BCUT2D eigenvalue weighted by atomic mass is 9.68. The summed E-state index contributed by atoms with van der Waals surface area (Å²) in [7, 11) is 2.13. The number of rotatable bonds is 4. The first-order valence-electron chi connectivity index (χ1n) is 9.45. The van der Waals surface area contributed by atoms with Gasteiger partial charge in [0.2, 0.25) is 0 Å². The molecule has 2 aliphatic rings. The van der Waals surface area contributed by atoms with E-state index in [1.807, 2.05) is 30.5 Å². The van der Waals surface area contributed by atoms with Gasteiger partial charge in [-0.1, -0.05) is 25.1 Å². The van der Waals surface area contributed by atoms with Crippen LogP contribution < -0.4 is 5.32 Å². The molecule has 2 fully saturated rings. The van der Waals surface area contributed by atoms with E-state index in [-0.39, 0.29) is 11.9 Å². The SMILES string of the molecule is CN1CCCC1c1cn(-c2cccc(C(=O)NC3CC(C)(C)C3)c2)nn1. The molecule has 1 aliphatic carbocycles. The number of carbonyl (C=O) groups is 1. The second kappa shape index (κ2) is 6.50. The predicted molar refractivity (Wildman–Crippen MR) is 100 cm³/mol. The molecular weight excluding hydrogens is 326 g/mol. The first kappa shape index (κ1) is 17.2. The van der Waals surface area contributed by atoms with Crippen LogP contribution in [0.15, 0.2) is 30.5 Å². The van der Waals surface area contributed by atoms with E-state index in [0.717, 1.165) is 37.2 Å². The van der Waals surface area contributed by atoms with Crippen molar-refractivity contribution in [1.82, 2.24) is 25.2 Å². The fourth-order valence-corrected chi connectivity index (χ4v) is 4.27. The van der Waals surface area contributed by atoms with Crippen LogP contribution >= 0.6 is 0 Å². The number of aromatic nitrogens is 3. The highest BCUT2D eigenvalue weighted by atomic mass is 16.1. The normalized spacial score (nSPS) is 23.0. The largest absolute Gasteiger partial charge is 0.349 e. The number of nitrogens with one attached hydrogen (secondary N) is 1. The number of carbonyl (C=O) groups excluding carboxylic acids is 1. The van der Waals surface area contributed by atoms with Crippen LogP contribution in [0.4, 0.5) is 0 Å². The van der Waals surface area contributed by atoms with Crippen molar-refractivity contribution in [2.45, 2.75) is 51.6 Å². The molecule has 1 atom stereocenters. The zero-order valence-electron chi connectivity index (χ0n) is 15.8. The Kier molecular flexibility index (Phi) is 4.31. The summed E-state index contributed by atoms with van der Waals surface area (Å²) in [6.45, 7) is 5.58. The summed E-state index contributed by atoms with van der Waals surface area (Å²) in [4.78, 5) is 14.9. The first-order chi connectivity index (χ1) is 12.4. The maximum atomic E-state index is 12.5. The van der Waals surface area contributed by atoms with Crippen LogP contribution in [-0.2, 0) is 0 Å². The summed E-state index contributed by atoms with van der Waals surface area (Å²) >= 11 is 0. The first-order valence-corrected chi connectivity index (χ1v) is 9.45. The lowest BCUT2D eigenvalue weighted by Gasteiger charge is -2.42. The Bertz CT molecular complexity index is 804. The van der Waals surface area contributed by atoms with Crippen molar-refractivity contribution in [2.24, 2.45) is 5.41 Å². The van der Waals surface area contributed by atoms with E-state index < -0.39 is 0 Å². The Labute approximate surface area is 154 Å². The van der Waals surface area contributed by atoms with Gasteiger partial charge in [0.25, 0.3) is 5.91 Å². The molecule has 1 saturated heterocycles. The molecule has 26 heavy (non-hydrogen) atoms. The highest BCUT2D eigenvalue weighted by molar-refractivity contribution is 5.95. The van der Waals surface area contributed by atoms with E-state index in [9.17, 15) is 4.79 Å². The van der Waals surface area contributed by atoms with Crippen LogP contribution in [0.2, 0.25) is 0 Å². The van der Waals surface area contributed by atoms with Crippen molar-refractivity contribution in [3.05, 3.63) is 41.7 Å². The van der Waals surface area contributed by atoms with Gasteiger partial charge in [-0.25, -0.2) is 4.68 Å². The molecule has 1 saturated carbocycles. The molecule has 0 radical (unpaired) electrons. The van der Waals surface area contributed by atoms with Gasteiger partial charge < -0.3 is 5.32 Å². The van der Waals surface area contributed by atoms with Crippen molar-refractivity contribution in [1.29, 1.82) is 0 Å². The second-order valence-corrected chi connectivity index (χ2v) is 8.52. The van der Waals surface area contributed by atoms with E-state index in [0.29, 0.717) is 17.0 Å². The molecule has 1 unspecified atom stereocenters. The third-order valence-electron chi connectivity index (χ3n) is 5.68. The molecule has 1 N–H and O–H groups in total. The third kappa shape index (κ3) is 3.38. The van der Waals surface area contributed by atoms with Gasteiger partial charge in [0, 0.05) is 11.6 Å². The zero-order chi connectivity index (χ0) is 18.3. The smallest absolute Gasteiger partial charge is 0.251 e. The number of nitrogens with zero attached hydrogens (tertiary/aromatic N) is 4. The quantitative estimate of drug-likeness (QED) is 0.918. The van der Waals surface area contributed by atoms with E-state index in [1.165, 1.54) is 6.42 Å². The van der Waals surface area contributed by atoms with Gasteiger partial charge in [0.1, 0.15) is 5.69 Å². The van der Waals surface area contributed by atoms with Crippen molar-refractivity contribution in [2.75, 3.05) is 13.6 Å². The molecule has 1 aromatic carbocycles. The fourth-order valence-electron chi connectivity index (χ4n) is 4.27. The van der Waals surface area contributed by atoms with E-state index in [4.69, 9.17) is 0 Å². The van der Waals surface area contributed by atoms with Crippen molar-refractivity contribution in [3.8, 4) is 5.69 Å². The average molecular weight is 353 g/mol. The highest BCUT2D eigenvalue weighted by Crippen LogP contribution is 2.39. The predicted octanol–water partition coefficient (Wildman–Crippen LogP) is 2.95. The standard InChI is InChI=1S/C20H27N5O/c1-20(2)11-15(12-20)21-19(26)14-6-4-7-16(10-14)25-13-17(22-23-25)18-8-5-9-24(18)3/h4,6-7,10,13,15,18H,5,8-9,11-12H2,1-3H3,(H,21,26). The molecule has 6 nitrogen and oxygen atoms in total. The minimum Gasteiger partial charge on any atom is -0.349 e. The lowest BCUT2D eigenvalue weighted by Crippen LogP contribution is -2.48. The fraction of sp³-hybridized carbons (Fsp3) is 0.550. The van der Waals surface area contributed by atoms with Gasteiger partial charge in [-0.2, -0.15) is 0 Å². The highest BCUT2D eigenvalue weighted by Gasteiger charge is 2.36. The third-order valence-corrected chi connectivity index (χ3v) is 5.68. The number of likely N-dealkylation sites (tertiary alicyclic amines) is 1. The molecule has 2 heterocycles. The Morgan fingerprint density at radius 3 is 2.81 bits per heavy atom. The molecule has 138 valence electrons. The number of hydrogen-bond acceptors (Lipinski definition) is 4. The molecule has 4 rings (SSSR count). The molecule has 2 aromatic rings. The summed E-state index contributed by atoms with van der Waals surface area (Å²) in [5, 5.41) is 11.8. The zero-order valence-corrected chi connectivity index (χ0v) is 15.8. The van der Waals surface area contributed by atoms with Crippen LogP contribution in [-0.4, -0.2) is 45.4 Å². The van der Waals surface area contributed by atoms with Crippen LogP contribution in [0.3, 0.4) is 0 Å². The number of amides is 1. The van der Waals surface area contributed by atoms with Gasteiger partial charge in [-0.05, 0) is 62.9 Å². The maximum absolute atomic E-state index is 12.5. The van der Waals surface area contributed by atoms with Crippen LogP contribution in [0.1, 0.15) is 61.6 Å². The number of benzene rings is 1. The van der Waals surface area contributed by atoms with Crippen molar-refractivity contribution >= 4 is 5.91 Å². The topological polar surface area (TPSA) is 63.1 Å². The Morgan fingerprint density at radius 1 is 1.31 bits per heavy atom. The van der Waals surface area contributed by atoms with Gasteiger partial charge >= 0.3 is 0 Å². The summed E-state index contributed by atoms with van der Waals surface area (Å²) in [5.41, 5.74) is 2.88. The summed E-state index contributed by atoms with van der Waals surface area (Å²) in [6, 6.07) is 8.23. The Balaban J connectivity index is 1.47. The molecule has 1 amide bonds. The van der Waals surface area contributed by atoms with Crippen LogP contribution in [0.25, 0.3) is 5.69 Å². The Morgan fingerprint density at radius 2 is 2.12 bits per heavy atom. The van der Waals surface area contributed by atoms with Gasteiger partial charge in [0.15, 0.2) is 0 Å². The summed E-state index contributed by atoms with van der Waals surface area (Å²) < 4.78 is 1.77. The van der Waals surface area contributed by atoms with E-state index >= 15 is 0 Å². The van der Waals surface area contributed by atoms with E-state index in [1.54, 1.807) is 4.68 Å². The van der Waals surface area contributed by atoms with Gasteiger partial charge in [-0.3, -0.25) is 9.69 Å². The minimum absolute atomic E-state index is 0.0109. The molecule has 1 aromatic heterocycles. The molecule has 0 spiro atoms. The van der Waals surface area contributed by atoms with E-state index in [2.05, 4.69) is 41.4 Å². The van der Waals surface area contributed by atoms with Gasteiger partial charge in [-0.15, -0.1) is 5.10 Å². The van der Waals surface area contributed by atoms with Crippen molar-refractivity contribution < 1.29 is 4.79 Å². The van der Waals surface area contributed by atoms with Gasteiger partial charge in [0.05, 0.1) is 17.9 Å². The van der Waals surface area contributed by atoms with Crippen molar-refractivity contribution in [3.63, 3.8) is 0 Å². The second-order valence-electron chi connectivity index (χ2n) is 8.52. The summed E-state index contributed by atoms with van der Waals surface area (Å²) in [6.07, 6.45) is 6.38. The molecule has 6 heteroatoms. The monoisotopic (exact) mass is 353 g/mol. The molecular formula is C20H27N5O. The summed E-state index contributed by atoms with van der Waals surface area (Å²) in [5.74, 6) is -0.0109. The molecule has 1 aliphatic heterocycles. The molecule has 0 bridgehead atoms. The Hall–Kier alpha value is -2.21. The number of hydrogen-bond donors (Lipinski definition) is 1.